The van der Waals surface area contributed by atoms with Crippen LogP contribution in [0.2, 0.25) is 10.0 Å². The number of ether oxygens (including phenoxy) is 2. The molecule has 0 amide bonds. The Morgan fingerprint density at radius 2 is 1.85 bits per heavy atom. The number of fused-ring (bicyclic) bond motifs is 1. The van der Waals surface area contributed by atoms with Crippen molar-refractivity contribution in [3.63, 3.8) is 0 Å². The van der Waals surface area contributed by atoms with E-state index in [2.05, 4.69) is 15.6 Å². The first-order chi connectivity index (χ1) is 16.4. The highest BCUT2D eigenvalue weighted by Gasteiger charge is 2.12. The molecule has 1 aromatic heterocycles. The Morgan fingerprint density at radius 1 is 1.03 bits per heavy atom. The molecule has 0 radical (unpaired) electrons. The number of nitrogens with zero attached hydrogens (tertiary/aromatic N) is 1. The molecular weight excluding hydrogens is 500 g/mol. The van der Waals surface area contributed by atoms with Crippen LogP contribution in [0, 0.1) is 5.82 Å². The first-order valence-electron chi connectivity index (χ1n) is 9.80. The molecule has 34 heavy (non-hydrogen) atoms. The number of carbonyl (C=O) groups excluding carboxylic acids is 1. The molecule has 2 N–H and O–H groups in total. The number of aromatic nitrogens is 1. The van der Waals surface area contributed by atoms with Crippen LogP contribution >= 0.6 is 35.4 Å². The molecule has 6 nitrogen and oxygen atoms in total. The molecule has 4 aromatic rings. The molecule has 0 saturated heterocycles. The van der Waals surface area contributed by atoms with Crippen LogP contribution in [0.15, 0.2) is 60.8 Å². The van der Waals surface area contributed by atoms with E-state index in [4.69, 9.17) is 44.9 Å². The van der Waals surface area contributed by atoms with Gasteiger partial charge >= 0.3 is 0 Å². The van der Waals surface area contributed by atoms with Gasteiger partial charge in [0.15, 0.2) is 11.4 Å². The number of nitrogens with one attached hydrogen (secondary N) is 2. The first-order valence-corrected chi connectivity index (χ1v) is 11.0. The SMILES string of the molecule is COc1cc2nccc(Oc3ccc(NC(=S)Nc4ccc(Cl)c(F)c4)c(Cl)c3)c2cc1C=O. The largest absolute Gasteiger partial charge is 0.496 e. The van der Waals surface area contributed by atoms with Crippen LogP contribution in [-0.2, 0) is 0 Å². The lowest BCUT2D eigenvalue weighted by molar-refractivity contribution is 0.112. The number of methoxy groups -OCH3 is 1. The fourth-order valence-electron chi connectivity index (χ4n) is 3.17. The van der Waals surface area contributed by atoms with E-state index < -0.39 is 5.82 Å². The van der Waals surface area contributed by atoms with Gasteiger partial charge in [-0.15, -0.1) is 0 Å². The Kier molecular flexibility index (Phi) is 7.12. The van der Waals surface area contributed by atoms with Crippen molar-refractivity contribution in [1.82, 2.24) is 4.98 Å². The highest BCUT2D eigenvalue weighted by atomic mass is 35.5. The summed E-state index contributed by atoms with van der Waals surface area (Å²) in [5.41, 5.74) is 1.95. The lowest BCUT2D eigenvalue weighted by atomic mass is 10.1. The predicted octanol–water partition coefficient (Wildman–Crippen LogP) is 7.10. The summed E-state index contributed by atoms with van der Waals surface area (Å²) in [6, 6.07) is 14.3. The standard InChI is InChI=1S/C24H16Cl2FN3O3S/c1-32-23-11-21-16(8-13(23)12-31)22(6-7-28-21)33-15-3-5-20(18(26)10-15)30-24(34)29-14-2-4-17(25)19(27)9-14/h2-12H,1H3,(H2,29,30,34). The number of carbonyl (C=O) groups is 1. The summed E-state index contributed by atoms with van der Waals surface area (Å²) in [5, 5.41) is 7.05. The Bertz CT molecular complexity index is 1420. The number of aldehydes is 1. The normalized spacial score (nSPS) is 10.6. The van der Waals surface area contributed by atoms with Gasteiger partial charge in [0.1, 0.15) is 23.1 Å². The lowest BCUT2D eigenvalue weighted by Crippen LogP contribution is -2.19. The van der Waals surface area contributed by atoms with E-state index in [-0.39, 0.29) is 10.1 Å². The van der Waals surface area contributed by atoms with E-state index in [1.165, 1.54) is 19.2 Å². The molecule has 0 atom stereocenters. The molecule has 4 rings (SSSR count). The zero-order chi connectivity index (χ0) is 24.2. The average molecular weight is 516 g/mol. The van der Waals surface area contributed by atoms with Crippen molar-refractivity contribution in [3.05, 3.63) is 82.2 Å². The molecule has 0 bridgehead atoms. The molecule has 172 valence electrons. The first kappa shape index (κ1) is 23.7. The van der Waals surface area contributed by atoms with Gasteiger partial charge in [0.2, 0.25) is 0 Å². The van der Waals surface area contributed by atoms with Gasteiger partial charge in [-0.1, -0.05) is 23.2 Å². The fraction of sp³-hybridized carbons (Fsp3) is 0.0417. The molecule has 3 aromatic carbocycles. The lowest BCUT2D eigenvalue weighted by Gasteiger charge is -2.14. The van der Waals surface area contributed by atoms with E-state index in [9.17, 15) is 9.18 Å². The van der Waals surface area contributed by atoms with Crippen LogP contribution in [0.5, 0.6) is 17.2 Å². The third kappa shape index (κ3) is 5.20. The topological polar surface area (TPSA) is 72.5 Å². The molecule has 1 heterocycles. The van der Waals surface area contributed by atoms with E-state index in [0.717, 1.165) is 0 Å². The second-order valence-electron chi connectivity index (χ2n) is 6.99. The quantitative estimate of drug-likeness (QED) is 0.209. The zero-order valence-electron chi connectivity index (χ0n) is 17.6. The van der Waals surface area contributed by atoms with Gasteiger partial charge in [-0.3, -0.25) is 9.78 Å². The zero-order valence-corrected chi connectivity index (χ0v) is 19.9. The molecule has 0 spiro atoms. The van der Waals surface area contributed by atoms with Gasteiger partial charge in [0, 0.05) is 29.4 Å². The molecule has 0 aliphatic rings. The maximum Gasteiger partial charge on any atom is 0.175 e. The fourth-order valence-corrected chi connectivity index (χ4v) is 3.73. The summed E-state index contributed by atoms with van der Waals surface area (Å²) in [6.07, 6.45) is 2.31. The van der Waals surface area contributed by atoms with Crippen LogP contribution in [0.25, 0.3) is 10.9 Å². The van der Waals surface area contributed by atoms with Crippen molar-refractivity contribution in [2.24, 2.45) is 0 Å². The number of hydrogen-bond acceptors (Lipinski definition) is 5. The van der Waals surface area contributed by atoms with Gasteiger partial charge in [0.25, 0.3) is 0 Å². The van der Waals surface area contributed by atoms with Gasteiger partial charge in [-0.05, 0) is 54.7 Å². The van der Waals surface area contributed by atoms with E-state index in [1.54, 1.807) is 48.7 Å². The van der Waals surface area contributed by atoms with Gasteiger partial charge in [-0.2, -0.15) is 0 Å². The maximum absolute atomic E-state index is 13.6. The number of thiocarbonyl (C=S) groups is 1. The number of benzene rings is 3. The van der Waals surface area contributed by atoms with E-state index in [0.29, 0.717) is 56.4 Å². The number of pyridine rings is 1. The summed E-state index contributed by atoms with van der Waals surface area (Å²) >= 11 is 17.4. The number of rotatable bonds is 6. The summed E-state index contributed by atoms with van der Waals surface area (Å²) < 4.78 is 24.9. The number of halogens is 3. The minimum Gasteiger partial charge on any atom is -0.496 e. The second-order valence-corrected chi connectivity index (χ2v) is 8.21. The maximum atomic E-state index is 13.6. The monoisotopic (exact) mass is 515 g/mol. The van der Waals surface area contributed by atoms with Crippen molar-refractivity contribution >= 4 is 69.1 Å². The van der Waals surface area contributed by atoms with Crippen LogP contribution in [0.3, 0.4) is 0 Å². The van der Waals surface area contributed by atoms with Gasteiger partial charge < -0.3 is 20.1 Å². The predicted molar refractivity (Wildman–Crippen MR) is 136 cm³/mol. The van der Waals surface area contributed by atoms with Crippen molar-refractivity contribution in [2.45, 2.75) is 0 Å². The highest BCUT2D eigenvalue weighted by molar-refractivity contribution is 7.80. The Labute approximate surface area is 209 Å². The molecule has 0 aliphatic heterocycles. The molecule has 0 unspecified atom stereocenters. The van der Waals surface area contributed by atoms with Crippen LogP contribution in [0.4, 0.5) is 15.8 Å². The Balaban J connectivity index is 1.52. The van der Waals surface area contributed by atoms with Crippen molar-refractivity contribution in [3.8, 4) is 17.2 Å². The smallest absolute Gasteiger partial charge is 0.175 e. The Morgan fingerprint density at radius 3 is 2.56 bits per heavy atom. The number of anilines is 2. The van der Waals surface area contributed by atoms with Crippen LogP contribution in [0.1, 0.15) is 10.4 Å². The van der Waals surface area contributed by atoms with Crippen molar-refractivity contribution in [2.75, 3.05) is 17.7 Å². The van der Waals surface area contributed by atoms with Crippen molar-refractivity contribution in [1.29, 1.82) is 0 Å². The minimum atomic E-state index is -0.559. The molecule has 0 aliphatic carbocycles. The molecule has 10 heteroatoms. The Hall–Kier alpha value is -3.46. The third-order valence-corrected chi connectivity index (χ3v) is 5.60. The summed E-state index contributed by atoms with van der Waals surface area (Å²) in [5.74, 6) is 0.826. The average Bonchev–Trinajstić information content (AvgIpc) is 2.82. The molecule has 0 fully saturated rings. The summed E-state index contributed by atoms with van der Waals surface area (Å²) in [6.45, 7) is 0. The van der Waals surface area contributed by atoms with Gasteiger partial charge in [-0.25, -0.2) is 4.39 Å². The van der Waals surface area contributed by atoms with Gasteiger partial charge in [0.05, 0.1) is 33.9 Å². The van der Waals surface area contributed by atoms with E-state index in [1.807, 2.05) is 0 Å². The molecule has 0 saturated carbocycles. The third-order valence-electron chi connectivity index (χ3n) is 4.77. The number of hydrogen-bond donors (Lipinski definition) is 2. The highest BCUT2D eigenvalue weighted by Crippen LogP contribution is 2.35. The van der Waals surface area contributed by atoms with E-state index >= 15 is 0 Å². The molecular formula is C24H16Cl2FN3O3S. The van der Waals surface area contributed by atoms with Crippen molar-refractivity contribution < 1.29 is 18.7 Å². The second kappa shape index (κ2) is 10.2. The van der Waals surface area contributed by atoms with Crippen LogP contribution < -0.4 is 20.1 Å². The minimum absolute atomic E-state index is 0.0200. The summed E-state index contributed by atoms with van der Waals surface area (Å²) in [7, 11) is 1.49. The summed E-state index contributed by atoms with van der Waals surface area (Å²) in [4.78, 5) is 15.7. The van der Waals surface area contributed by atoms with Crippen LogP contribution in [-0.4, -0.2) is 23.5 Å².